The van der Waals surface area contributed by atoms with Crippen LogP contribution in [0.25, 0.3) is 0 Å². The number of nitrogens with two attached hydrogens (primary N) is 1. The summed E-state index contributed by atoms with van der Waals surface area (Å²) in [6.07, 6.45) is 3.34. The van der Waals surface area contributed by atoms with E-state index in [1.807, 2.05) is 6.07 Å². The fourth-order valence-electron chi connectivity index (χ4n) is 3.53. The van der Waals surface area contributed by atoms with E-state index in [0.717, 1.165) is 31.2 Å². The van der Waals surface area contributed by atoms with E-state index < -0.39 is 0 Å². The lowest BCUT2D eigenvalue weighted by molar-refractivity contribution is 0.126. The molecule has 2 heterocycles. The molecule has 0 amide bonds. The van der Waals surface area contributed by atoms with Crippen molar-refractivity contribution in [3.05, 3.63) is 29.6 Å². The van der Waals surface area contributed by atoms with Crippen LogP contribution in [0.15, 0.2) is 18.2 Å². The Bertz CT molecular complexity index is 437. The van der Waals surface area contributed by atoms with Gasteiger partial charge in [-0.2, -0.15) is 0 Å². The average molecular weight is 250 g/mol. The predicted octanol–water partition coefficient (Wildman–Crippen LogP) is 1.78. The lowest BCUT2D eigenvalue weighted by Gasteiger charge is -2.40. The zero-order valence-electron chi connectivity index (χ0n) is 10.3. The zero-order valence-corrected chi connectivity index (χ0v) is 10.3. The Morgan fingerprint density at radius 1 is 1.28 bits per heavy atom. The maximum Gasteiger partial charge on any atom is 0.146 e. The molecule has 0 aliphatic carbocycles. The van der Waals surface area contributed by atoms with Crippen LogP contribution in [-0.2, 0) is 6.54 Å². The Labute approximate surface area is 106 Å². The minimum Gasteiger partial charge on any atom is -0.393 e. The van der Waals surface area contributed by atoms with E-state index in [1.165, 1.54) is 6.07 Å². The summed E-state index contributed by atoms with van der Waals surface area (Å²) < 4.78 is 14.1. The van der Waals surface area contributed by atoms with Crippen LogP contribution in [0, 0.1) is 5.82 Å². The molecular formula is C14H19FN2O. The number of anilines is 1. The number of piperidine rings is 1. The number of para-hydroxylation sites is 1. The Hall–Kier alpha value is -1.13. The number of halogens is 1. The molecule has 2 bridgehead atoms. The van der Waals surface area contributed by atoms with Gasteiger partial charge in [-0.15, -0.1) is 0 Å². The van der Waals surface area contributed by atoms with Crippen molar-refractivity contribution in [1.29, 1.82) is 0 Å². The molecule has 0 saturated carbocycles. The normalized spacial score (nSPS) is 30.8. The number of rotatable bonds is 2. The predicted molar refractivity (Wildman–Crippen MR) is 68.8 cm³/mol. The molecule has 2 aliphatic rings. The Balaban J connectivity index is 2.01. The lowest BCUT2D eigenvalue weighted by Crippen LogP contribution is -2.45. The number of hydrogen-bond donors (Lipinski definition) is 2. The second kappa shape index (κ2) is 4.52. The second-order valence-electron chi connectivity index (χ2n) is 5.37. The van der Waals surface area contributed by atoms with Crippen molar-refractivity contribution in [2.24, 2.45) is 5.73 Å². The summed E-state index contributed by atoms with van der Waals surface area (Å²) in [5.41, 5.74) is 7.25. The third kappa shape index (κ3) is 1.80. The highest BCUT2D eigenvalue weighted by Crippen LogP contribution is 2.41. The van der Waals surface area contributed by atoms with E-state index in [4.69, 9.17) is 5.73 Å². The maximum atomic E-state index is 14.1. The Morgan fingerprint density at radius 2 is 1.94 bits per heavy atom. The molecule has 98 valence electrons. The van der Waals surface area contributed by atoms with Gasteiger partial charge in [0, 0.05) is 18.6 Å². The van der Waals surface area contributed by atoms with Crippen molar-refractivity contribution >= 4 is 5.69 Å². The van der Waals surface area contributed by atoms with Gasteiger partial charge in [-0.05, 0) is 37.3 Å². The van der Waals surface area contributed by atoms with Crippen LogP contribution in [0.4, 0.5) is 10.1 Å². The summed E-state index contributed by atoms with van der Waals surface area (Å²) >= 11 is 0. The van der Waals surface area contributed by atoms with Gasteiger partial charge < -0.3 is 15.7 Å². The largest absolute Gasteiger partial charge is 0.393 e. The zero-order chi connectivity index (χ0) is 12.7. The van der Waals surface area contributed by atoms with Gasteiger partial charge in [-0.1, -0.05) is 12.1 Å². The summed E-state index contributed by atoms with van der Waals surface area (Å²) in [6, 6.07) is 5.63. The SMILES string of the molecule is NCc1cccc(F)c1N1C2CCC1CC(O)C2. The summed E-state index contributed by atoms with van der Waals surface area (Å²) in [7, 11) is 0. The number of fused-ring (bicyclic) bond motifs is 2. The molecule has 3 N–H and O–H groups in total. The first-order valence-electron chi connectivity index (χ1n) is 6.64. The highest BCUT2D eigenvalue weighted by molar-refractivity contribution is 5.58. The van der Waals surface area contributed by atoms with Gasteiger partial charge in [-0.3, -0.25) is 0 Å². The number of aliphatic hydroxyl groups excluding tert-OH is 1. The summed E-state index contributed by atoms with van der Waals surface area (Å²) in [5.74, 6) is -0.189. The van der Waals surface area contributed by atoms with Gasteiger partial charge >= 0.3 is 0 Å². The third-order valence-corrected chi connectivity index (χ3v) is 4.26. The van der Waals surface area contributed by atoms with E-state index in [-0.39, 0.29) is 24.0 Å². The van der Waals surface area contributed by atoms with Gasteiger partial charge in [0.15, 0.2) is 0 Å². The molecule has 1 aromatic rings. The minimum atomic E-state index is -0.230. The smallest absolute Gasteiger partial charge is 0.146 e. The molecule has 2 saturated heterocycles. The van der Waals surface area contributed by atoms with Crippen molar-refractivity contribution in [2.75, 3.05) is 4.90 Å². The Kier molecular flexibility index (Phi) is 2.99. The lowest BCUT2D eigenvalue weighted by atomic mass is 9.97. The molecule has 2 atom stereocenters. The topological polar surface area (TPSA) is 49.5 Å². The molecule has 2 fully saturated rings. The van der Waals surface area contributed by atoms with Crippen LogP contribution in [0.1, 0.15) is 31.2 Å². The van der Waals surface area contributed by atoms with Crippen molar-refractivity contribution in [3.8, 4) is 0 Å². The highest BCUT2D eigenvalue weighted by atomic mass is 19.1. The van der Waals surface area contributed by atoms with Gasteiger partial charge in [-0.25, -0.2) is 4.39 Å². The second-order valence-corrected chi connectivity index (χ2v) is 5.37. The molecule has 2 aliphatic heterocycles. The molecule has 18 heavy (non-hydrogen) atoms. The van der Waals surface area contributed by atoms with E-state index in [2.05, 4.69) is 4.90 Å². The molecule has 2 unspecified atom stereocenters. The van der Waals surface area contributed by atoms with Gasteiger partial charge in [0.1, 0.15) is 5.82 Å². The standard InChI is InChI=1S/C14H19FN2O/c15-13-3-1-2-9(8-16)14(13)17-10-4-5-11(17)7-12(18)6-10/h1-3,10-12,18H,4-8,16H2. The minimum absolute atomic E-state index is 0.189. The fraction of sp³-hybridized carbons (Fsp3) is 0.571. The first kappa shape index (κ1) is 11.9. The monoisotopic (exact) mass is 250 g/mol. The van der Waals surface area contributed by atoms with Gasteiger partial charge in [0.25, 0.3) is 0 Å². The number of hydrogen-bond acceptors (Lipinski definition) is 3. The molecule has 0 spiro atoms. The van der Waals surface area contributed by atoms with Crippen LogP contribution < -0.4 is 10.6 Å². The molecule has 3 rings (SSSR count). The molecule has 0 radical (unpaired) electrons. The quantitative estimate of drug-likeness (QED) is 0.841. The van der Waals surface area contributed by atoms with Gasteiger partial charge in [0.2, 0.25) is 0 Å². The van der Waals surface area contributed by atoms with E-state index in [9.17, 15) is 9.50 Å². The maximum absolute atomic E-state index is 14.1. The molecular weight excluding hydrogens is 231 g/mol. The van der Waals surface area contributed by atoms with Gasteiger partial charge in [0.05, 0.1) is 11.8 Å². The third-order valence-electron chi connectivity index (χ3n) is 4.26. The molecule has 1 aromatic carbocycles. The first-order chi connectivity index (χ1) is 8.70. The Morgan fingerprint density at radius 3 is 2.56 bits per heavy atom. The fourth-order valence-corrected chi connectivity index (χ4v) is 3.53. The van der Waals surface area contributed by atoms with E-state index in [0.29, 0.717) is 12.2 Å². The van der Waals surface area contributed by atoms with Crippen LogP contribution in [0.3, 0.4) is 0 Å². The van der Waals surface area contributed by atoms with Crippen LogP contribution in [-0.4, -0.2) is 23.3 Å². The molecule has 0 aromatic heterocycles. The number of benzene rings is 1. The summed E-state index contributed by atoms with van der Waals surface area (Å²) in [6.45, 7) is 0.353. The number of aliphatic hydroxyl groups is 1. The average Bonchev–Trinajstić information content (AvgIpc) is 2.61. The van der Waals surface area contributed by atoms with E-state index in [1.54, 1.807) is 6.07 Å². The van der Waals surface area contributed by atoms with Crippen molar-refractivity contribution < 1.29 is 9.50 Å². The molecule has 3 nitrogen and oxygen atoms in total. The highest BCUT2D eigenvalue weighted by Gasteiger charge is 2.41. The number of nitrogens with zero attached hydrogens (tertiary/aromatic N) is 1. The van der Waals surface area contributed by atoms with Crippen molar-refractivity contribution in [2.45, 2.75) is 50.4 Å². The van der Waals surface area contributed by atoms with Crippen molar-refractivity contribution in [3.63, 3.8) is 0 Å². The van der Waals surface area contributed by atoms with Crippen molar-refractivity contribution in [1.82, 2.24) is 0 Å². The first-order valence-corrected chi connectivity index (χ1v) is 6.64. The molecule has 4 heteroatoms. The van der Waals surface area contributed by atoms with Crippen LogP contribution in [0.2, 0.25) is 0 Å². The summed E-state index contributed by atoms with van der Waals surface area (Å²) in [5, 5.41) is 9.81. The summed E-state index contributed by atoms with van der Waals surface area (Å²) in [4.78, 5) is 2.17. The van der Waals surface area contributed by atoms with E-state index >= 15 is 0 Å². The van der Waals surface area contributed by atoms with Crippen LogP contribution in [0.5, 0.6) is 0 Å². The van der Waals surface area contributed by atoms with Crippen LogP contribution >= 0.6 is 0 Å².